The Bertz CT molecular complexity index is 879. The van der Waals surface area contributed by atoms with Crippen LogP contribution in [-0.4, -0.2) is 31.6 Å². The van der Waals surface area contributed by atoms with E-state index >= 15 is 0 Å². The lowest BCUT2D eigenvalue weighted by molar-refractivity contribution is -0.118. The molecule has 2 amide bonds. The van der Waals surface area contributed by atoms with Crippen molar-refractivity contribution in [2.75, 3.05) is 19.0 Å². The number of anilines is 1. The van der Waals surface area contributed by atoms with E-state index in [0.717, 1.165) is 5.56 Å². The molecule has 6 nitrogen and oxygen atoms in total. The summed E-state index contributed by atoms with van der Waals surface area (Å²) in [6.45, 7) is 4.29. The number of hydrogen-bond acceptors (Lipinski definition) is 4. The summed E-state index contributed by atoms with van der Waals surface area (Å²) in [5, 5.41) is 6.16. The Morgan fingerprint density at radius 2 is 1.83 bits per heavy atom. The first-order chi connectivity index (χ1) is 14.4. The maximum Gasteiger partial charge on any atom is 0.243 e. The third kappa shape index (κ3) is 8.17. The van der Waals surface area contributed by atoms with Gasteiger partial charge in [0.15, 0.2) is 11.5 Å². The van der Waals surface area contributed by atoms with Crippen LogP contribution in [0.4, 0.5) is 5.69 Å². The molecule has 0 aliphatic rings. The molecule has 0 radical (unpaired) electrons. The molecule has 160 valence electrons. The second-order valence-corrected chi connectivity index (χ2v) is 7.30. The van der Waals surface area contributed by atoms with Crippen molar-refractivity contribution in [2.45, 2.75) is 32.8 Å². The van der Waals surface area contributed by atoms with Gasteiger partial charge in [0.05, 0.1) is 13.2 Å². The SMILES string of the molecule is COc1cc(/C=C/C(=O)NCCCC(=O)Nc2ccc(Cl)cc2)ccc1OC(C)C. The van der Waals surface area contributed by atoms with E-state index in [1.165, 1.54) is 6.08 Å². The van der Waals surface area contributed by atoms with Crippen molar-refractivity contribution in [2.24, 2.45) is 0 Å². The number of ether oxygens (including phenoxy) is 2. The summed E-state index contributed by atoms with van der Waals surface area (Å²) in [6, 6.07) is 12.4. The van der Waals surface area contributed by atoms with Crippen molar-refractivity contribution in [1.82, 2.24) is 5.32 Å². The normalized spacial score (nSPS) is 10.8. The minimum Gasteiger partial charge on any atom is -0.493 e. The summed E-state index contributed by atoms with van der Waals surface area (Å²) < 4.78 is 11.0. The lowest BCUT2D eigenvalue weighted by Crippen LogP contribution is -2.23. The number of benzene rings is 2. The number of nitrogens with one attached hydrogen (secondary N) is 2. The van der Waals surface area contributed by atoms with Gasteiger partial charge in [-0.15, -0.1) is 0 Å². The van der Waals surface area contributed by atoms with Gasteiger partial charge in [0.1, 0.15) is 0 Å². The number of rotatable bonds is 10. The number of methoxy groups -OCH3 is 1. The van der Waals surface area contributed by atoms with Crippen LogP contribution < -0.4 is 20.1 Å². The van der Waals surface area contributed by atoms with Crippen LogP contribution in [0.1, 0.15) is 32.3 Å². The predicted octanol–water partition coefficient (Wildman–Crippen LogP) is 4.68. The summed E-state index contributed by atoms with van der Waals surface area (Å²) in [7, 11) is 1.58. The van der Waals surface area contributed by atoms with Gasteiger partial charge in [-0.2, -0.15) is 0 Å². The Morgan fingerprint density at radius 1 is 1.10 bits per heavy atom. The minimum atomic E-state index is -0.227. The maximum absolute atomic E-state index is 12.0. The lowest BCUT2D eigenvalue weighted by Gasteiger charge is -2.13. The molecule has 2 aromatic rings. The monoisotopic (exact) mass is 430 g/mol. The lowest BCUT2D eigenvalue weighted by atomic mass is 10.2. The van der Waals surface area contributed by atoms with Crippen LogP contribution in [0.15, 0.2) is 48.5 Å². The number of hydrogen-bond donors (Lipinski definition) is 2. The molecule has 0 heterocycles. The van der Waals surface area contributed by atoms with E-state index in [1.54, 1.807) is 37.5 Å². The molecule has 0 saturated heterocycles. The molecule has 2 aromatic carbocycles. The molecule has 0 fully saturated rings. The second kappa shape index (κ2) is 11.9. The second-order valence-electron chi connectivity index (χ2n) is 6.86. The molecule has 2 N–H and O–H groups in total. The zero-order valence-corrected chi connectivity index (χ0v) is 18.2. The third-order valence-corrected chi connectivity index (χ3v) is 4.24. The Labute approximate surface area is 182 Å². The molecule has 0 aromatic heterocycles. The molecule has 0 atom stereocenters. The summed E-state index contributed by atoms with van der Waals surface area (Å²) >= 11 is 5.81. The molecule has 0 unspecified atom stereocenters. The van der Waals surface area contributed by atoms with Gasteiger partial charge < -0.3 is 20.1 Å². The first-order valence-electron chi connectivity index (χ1n) is 9.73. The highest BCUT2D eigenvalue weighted by atomic mass is 35.5. The van der Waals surface area contributed by atoms with Crippen LogP contribution in [0.5, 0.6) is 11.5 Å². The highest BCUT2D eigenvalue weighted by molar-refractivity contribution is 6.30. The third-order valence-electron chi connectivity index (χ3n) is 3.99. The maximum atomic E-state index is 12.0. The topological polar surface area (TPSA) is 76.7 Å². The molecule has 30 heavy (non-hydrogen) atoms. The van der Waals surface area contributed by atoms with Crippen molar-refractivity contribution >= 4 is 35.2 Å². The zero-order chi connectivity index (χ0) is 21.9. The Balaban J connectivity index is 1.74. The number of amides is 2. The quantitative estimate of drug-likeness (QED) is 0.423. The van der Waals surface area contributed by atoms with E-state index < -0.39 is 0 Å². The molecule has 7 heteroatoms. The average molecular weight is 431 g/mol. The van der Waals surface area contributed by atoms with E-state index in [9.17, 15) is 9.59 Å². The van der Waals surface area contributed by atoms with Crippen molar-refractivity contribution in [3.63, 3.8) is 0 Å². The number of halogens is 1. The van der Waals surface area contributed by atoms with E-state index in [2.05, 4.69) is 10.6 Å². The van der Waals surface area contributed by atoms with Gasteiger partial charge in [-0.1, -0.05) is 17.7 Å². The van der Waals surface area contributed by atoms with Crippen molar-refractivity contribution in [1.29, 1.82) is 0 Å². The first kappa shape index (κ1) is 23.3. The van der Waals surface area contributed by atoms with Gasteiger partial charge in [0.2, 0.25) is 11.8 Å². The van der Waals surface area contributed by atoms with Crippen LogP contribution in [0, 0.1) is 0 Å². The van der Waals surface area contributed by atoms with Crippen molar-refractivity contribution in [3.05, 3.63) is 59.1 Å². The zero-order valence-electron chi connectivity index (χ0n) is 17.4. The molecule has 0 aliphatic carbocycles. The first-order valence-corrected chi connectivity index (χ1v) is 10.1. The van der Waals surface area contributed by atoms with Gasteiger partial charge in [-0.3, -0.25) is 9.59 Å². The van der Waals surface area contributed by atoms with Gasteiger partial charge in [-0.25, -0.2) is 0 Å². The Kier molecular flexibility index (Phi) is 9.22. The fourth-order valence-corrected chi connectivity index (χ4v) is 2.71. The van der Waals surface area contributed by atoms with Crippen LogP contribution in [0.3, 0.4) is 0 Å². The Hall–Kier alpha value is -2.99. The van der Waals surface area contributed by atoms with Crippen LogP contribution in [0.25, 0.3) is 6.08 Å². The standard InChI is InChI=1S/C23H27ClN2O4/c1-16(2)30-20-12-6-17(15-21(20)29-3)7-13-22(27)25-14-4-5-23(28)26-19-10-8-18(24)9-11-19/h6-13,15-16H,4-5,14H2,1-3H3,(H,25,27)(H,26,28)/b13-7+. The molecule has 0 bridgehead atoms. The smallest absolute Gasteiger partial charge is 0.243 e. The summed E-state index contributed by atoms with van der Waals surface area (Å²) in [6.07, 6.45) is 4.03. The predicted molar refractivity (Wildman–Crippen MR) is 120 cm³/mol. The van der Waals surface area contributed by atoms with Crippen LogP contribution in [-0.2, 0) is 9.59 Å². The molecule has 0 spiro atoms. The Morgan fingerprint density at radius 3 is 2.50 bits per heavy atom. The van der Waals surface area contributed by atoms with Gasteiger partial charge in [0.25, 0.3) is 0 Å². The molecule has 2 rings (SSSR count). The summed E-state index contributed by atoms with van der Waals surface area (Å²) in [5.41, 5.74) is 1.51. The molecular weight excluding hydrogens is 404 g/mol. The fourth-order valence-electron chi connectivity index (χ4n) is 2.59. The number of carbonyl (C=O) groups is 2. The number of carbonyl (C=O) groups excluding carboxylic acids is 2. The highest BCUT2D eigenvalue weighted by Gasteiger charge is 2.07. The molecule has 0 saturated carbocycles. The molecular formula is C23H27ClN2O4. The summed E-state index contributed by atoms with van der Waals surface area (Å²) in [4.78, 5) is 23.9. The summed E-state index contributed by atoms with van der Waals surface area (Å²) in [5.74, 6) is 0.927. The van der Waals surface area contributed by atoms with Gasteiger partial charge >= 0.3 is 0 Å². The minimum absolute atomic E-state index is 0.0411. The van der Waals surface area contributed by atoms with Gasteiger partial charge in [0, 0.05) is 29.8 Å². The fraction of sp³-hybridized carbons (Fsp3) is 0.304. The van der Waals surface area contributed by atoms with Crippen molar-refractivity contribution in [3.8, 4) is 11.5 Å². The average Bonchev–Trinajstić information content (AvgIpc) is 2.71. The highest BCUT2D eigenvalue weighted by Crippen LogP contribution is 2.29. The van der Waals surface area contributed by atoms with Crippen LogP contribution in [0.2, 0.25) is 5.02 Å². The van der Waals surface area contributed by atoms with E-state index in [-0.39, 0.29) is 17.9 Å². The van der Waals surface area contributed by atoms with Gasteiger partial charge in [-0.05, 0) is 68.3 Å². The van der Waals surface area contributed by atoms with E-state index in [1.807, 2.05) is 32.0 Å². The van der Waals surface area contributed by atoms with Crippen molar-refractivity contribution < 1.29 is 19.1 Å². The van der Waals surface area contributed by atoms with E-state index in [0.29, 0.717) is 41.6 Å². The van der Waals surface area contributed by atoms with Crippen LogP contribution >= 0.6 is 11.6 Å². The largest absolute Gasteiger partial charge is 0.493 e. The molecule has 0 aliphatic heterocycles. The van der Waals surface area contributed by atoms with E-state index in [4.69, 9.17) is 21.1 Å².